The summed E-state index contributed by atoms with van der Waals surface area (Å²) in [7, 11) is 3.17. The third kappa shape index (κ3) is 5.56. The largest absolute Gasteiger partial charge is 0.493 e. The third-order valence-electron chi connectivity index (χ3n) is 3.24. The van der Waals surface area contributed by atoms with Gasteiger partial charge in [-0.25, -0.2) is 9.98 Å². The van der Waals surface area contributed by atoms with Gasteiger partial charge in [0.25, 0.3) is 0 Å². The number of anilines is 1. The van der Waals surface area contributed by atoms with Crippen molar-refractivity contribution in [2.75, 3.05) is 19.5 Å². The quantitative estimate of drug-likeness (QED) is 0.593. The molecular formula is C18H24N4O3. The van der Waals surface area contributed by atoms with Crippen LogP contribution in [0.4, 0.5) is 5.69 Å². The highest BCUT2D eigenvalue weighted by Gasteiger charge is 2.05. The van der Waals surface area contributed by atoms with Crippen LogP contribution in [0.25, 0.3) is 0 Å². The number of rotatable bonds is 7. The number of nitrogens with two attached hydrogens (primary N) is 1. The minimum Gasteiger partial charge on any atom is -0.493 e. The van der Waals surface area contributed by atoms with E-state index in [1.54, 1.807) is 32.5 Å². The molecule has 1 heterocycles. The molecule has 7 heteroatoms. The third-order valence-corrected chi connectivity index (χ3v) is 3.24. The lowest BCUT2D eigenvalue weighted by Gasteiger charge is -2.11. The molecule has 0 spiro atoms. The molecule has 0 saturated carbocycles. The number of hydrogen-bond acceptors (Lipinski definition) is 5. The molecule has 7 nitrogen and oxygen atoms in total. The van der Waals surface area contributed by atoms with Gasteiger partial charge in [-0.3, -0.25) is 0 Å². The Morgan fingerprint density at radius 3 is 2.52 bits per heavy atom. The molecule has 0 atom stereocenters. The van der Waals surface area contributed by atoms with E-state index in [-0.39, 0.29) is 6.10 Å². The van der Waals surface area contributed by atoms with Crippen molar-refractivity contribution in [3.05, 3.63) is 42.1 Å². The van der Waals surface area contributed by atoms with E-state index < -0.39 is 0 Å². The zero-order chi connectivity index (χ0) is 18.2. The predicted molar refractivity (Wildman–Crippen MR) is 98.5 cm³/mol. The standard InChI is InChI=1S/C18H24N4O3/c1-12(2)25-17-8-5-13(10-20-17)11-21-18(19)22-14-6-7-15(23-3)16(9-14)24-4/h5-10,12H,11H2,1-4H3,(H3,19,21,22). The van der Waals surface area contributed by atoms with Gasteiger partial charge in [0.2, 0.25) is 5.88 Å². The summed E-state index contributed by atoms with van der Waals surface area (Å²) in [6.07, 6.45) is 1.82. The lowest BCUT2D eigenvalue weighted by atomic mass is 10.2. The normalized spacial score (nSPS) is 11.3. The van der Waals surface area contributed by atoms with Gasteiger partial charge in [-0.2, -0.15) is 0 Å². The lowest BCUT2D eigenvalue weighted by Crippen LogP contribution is -2.22. The fraction of sp³-hybridized carbons (Fsp3) is 0.333. The summed E-state index contributed by atoms with van der Waals surface area (Å²) in [5.41, 5.74) is 7.63. The molecule has 3 N–H and O–H groups in total. The topological polar surface area (TPSA) is 91.0 Å². The maximum Gasteiger partial charge on any atom is 0.213 e. The van der Waals surface area contributed by atoms with Crippen LogP contribution in [0.2, 0.25) is 0 Å². The Morgan fingerprint density at radius 1 is 1.16 bits per heavy atom. The van der Waals surface area contributed by atoms with Crippen molar-refractivity contribution in [3.63, 3.8) is 0 Å². The second-order valence-electron chi connectivity index (χ2n) is 5.57. The van der Waals surface area contributed by atoms with E-state index in [9.17, 15) is 0 Å². The monoisotopic (exact) mass is 344 g/mol. The van der Waals surface area contributed by atoms with Gasteiger partial charge >= 0.3 is 0 Å². The minimum atomic E-state index is 0.0951. The van der Waals surface area contributed by atoms with Gasteiger partial charge in [0, 0.05) is 24.0 Å². The molecule has 0 aliphatic rings. The fourth-order valence-corrected chi connectivity index (χ4v) is 2.09. The average Bonchev–Trinajstić information content (AvgIpc) is 2.60. The van der Waals surface area contributed by atoms with Crippen LogP contribution < -0.4 is 25.3 Å². The molecule has 25 heavy (non-hydrogen) atoms. The smallest absolute Gasteiger partial charge is 0.213 e. The Bertz CT molecular complexity index is 715. The first-order valence-electron chi connectivity index (χ1n) is 7.92. The highest BCUT2D eigenvalue weighted by molar-refractivity contribution is 5.92. The van der Waals surface area contributed by atoms with Crippen molar-refractivity contribution in [1.82, 2.24) is 4.98 Å². The van der Waals surface area contributed by atoms with Crippen LogP contribution in [0.15, 0.2) is 41.5 Å². The van der Waals surface area contributed by atoms with Gasteiger partial charge in [0.15, 0.2) is 17.5 Å². The second-order valence-corrected chi connectivity index (χ2v) is 5.57. The van der Waals surface area contributed by atoms with Crippen LogP contribution in [-0.4, -0.2) is 31.3 Å². The summed E-state index contributed by atoms with van der Waals surface area (Å²) in [5, 5.41) is 3.02. The Kier molecular flexibility index (Phi) is 6.45. The molecule has 0 amide bonds. The number of aliphatic imine (C=N–C) groups is 1. The highest BCUT2D eigenvalue weighted by atomic mass is 16.5. The molecule has 0 bridgehead atoms. The molecule has 134 valence electrons. The number of hydrogen-bond donors (Lipinski definition) is 2. The molecular weight excluding hydrogens is 320 g/mol. The van der Waals surface area contributed by atoms with E-state index in [0.29, 0.717) is 29.9 Å². The van der Waals surface area contributed by atoms with Gasteiger partial charge in [-0.1, -0.05) is 6.07 Å². The number of nitrogens with zero attached hydrogens (tertiary/aromatic N) is 2. The van der Waals surface area contributed by atoms with Crippen molar-refractivity contribution in [3.8, 4) is 17.4 Å². The molecule has 0 radical (unpaired) electrons. The van der Waals surface area contributed by atoms with Crippen LogP contribution >= 0.6 is 0 Å². The van der Waals surface area contributed by atoms with Crippen LogP contribution in [0.1, 0.15) is 19.4 Å². The second kappa shape index (κ2) is 8.77. The minimum absolute atomic E-state index is 0.0951. The maximum absolute atomic E-state index is 5.93. The summed E-state index contributed by atoms with van der Waals surface area (Å²) < 4.78 is 16.0. The summed E-state index contributed by atoms with van der Waals surface area (Å²) in [5.74, 6) is 2.16. The molecule has 1 aromatic carbocycles. The molecule has 0 aliphatic carbocycles. The summed E-state index contributed by atoms with van der Waals surface area (Å²) in [4.78, 5) is 8.55. The van der Waals surface area contributed by atoms with Crippen molar-refractivity contribution < 1.29 is 14.2 Å². The van der Waals surface area contributed by atoms with Gasteiger partial charge in [0.1, 0.15) is 0 Å². The zero-order valence-electron chi connectivity index (χ0n) is 14.9. The summed E-state index contributed by atoms with van der Waals surface area (Å²) >= 11 is 0. The van der Waals surface area contributed by atoms with E-state index in [1.807, 2.05) is 32.0 Å². The molecule has 0 fully saturated rings. The van der Waals surface area contributed by atoms with Crippen molar-refractivity contribution >= 4 is 11.6 Å². The number of aromatic nitrogens is 1. The van der Waals surface area contributed by atoms with E-state index in [1.165, 1.54) is 0 Å². The van der Waals surface area contributed by atoms with E-state index in [4.69, 9.17) is 19.9 Å². The molecule has 2 aromatic rings. The molecule has 0 aliphatic heterocycles. The SMILES string of the molecule is COc1ccc(NC(N)=NCc2ccc(OC(C)C)nc2)cc1OC. The molecule has 1 aromatic heterocycles. The van der Waals surface area contributed by atoms with Gasteiger partial charge in [-0.15, -0.1) is 0 Å². The fourth-order valence-electron chi connectivity index (χ4n) is 2.09. The van der Waals surface area contributed by atoms with E-state index >= 15 is 0 Å². The maximum atomic E-state index is 5.93. The summed E-state index contributed by atoms with van der Waals surface area (Å²) in [6.45, 7) is 4.34. The summed E-state index contributed by atoms with van der Waals surface area (Å²) in [6, 6.07) is 9.16. The number of guanidine groups is 1. The predicted octanol–water partition coefficient (Wildman–Crippen LogP) is 2.81. The van der Waals surface area contributed by atoms with Gasteiger partial charge in [0.05, 0.1) is 26.9 Å². The van der Waals surface area contributed by atoms with Crippen molar-refractivity contribution in [2.24, 2.45) is 10.7 Å². The Balaban J connectivity index is 1.97. The first-order chi connectivity index (χ1) is 12.0. The first kappa shape index (κ1) is 18.4. The van der Waals surface area contributed by atoms with Crippen LogP contribution in [0.3, 0.4) is 0 Å². The van der Waals surface area contributed by atoms with Gasteiger partial charge in [-0.05, 0) is 31.5 Å². The Hall–Kier alpha value is -2.96. The molecule has 2 rings (SSSR count). The first-order valence-corrected chi connectivity index (χ1v) is 7.92. The van der Waals surface area contributed by atoms with Gasteiger partial charge < -0.3 is 25.3 Å². The number of pyridine rings is 1. The van der Waals surface area contributed by atoms with Crippen LogP contribution in [-0.2, 0) is 6.54 Å². The van der Waals surface area contributed by atoms with Crippen molar-refractivity contribution in [1.29, 1.82) is 0 Å². The lowest BCUT2D eigenvalue weighted by molar-refractivity contribution is 0.232. The number of ether oxygens (including phenoxy) is 3. The van der Waals surface area contributed by atoms with Crippen LogP contribution in [0.5, 0.6) is 17.4 Å². The number of nitrogens with one attached hydrogen (secondary N) is 1. The zero-order valence-corrected chi connectivity index (χ0v) is 14.9. The van der Waals surface area contributed by atoms with E-state index in [2.05, 4.69) is 15.3 Å². The van der Waals surface area contributed by atoms with E-state index in [0.717, 1.165) is 11.3 Å². The highest BCUT2D eigenvalue weighted by Crippen LogP contribution is 2.29. The molecule has 0 unspecified atom stereocenters. The Labute approximate surface area is 147 Å². The molecule has 0 saturated heterocycles. The number of benzene rings is 1. The van der Waals surface area contributed by atoms with Crippen molar-refractivity contribution in [2.45, 2.75) is 26.5 Å². The van der Waals surface area contributed by atoms with Crippen LogP contribution in [0, 0.1) is 0 Å². The Morgan fingerprint density at radius 2 is 1.92 bits per heavy atom. The average molecular weight is 344 g/mol. The number of methoxy groups -OCH3 is 2.